The molecule has 22 heavy (non-hydrogen) atoms. The van der Waals surface area contributed by atoms with Crippen molar-refractivity contribution in [2.45, 2.75) is 19.3 Å². The molecular formula is C15H14Cl2FN3O. The van der Waals surface area contributed by atoms with E-state index < -0.39 is 0 Å². The van der Waals surface area contributed by atoms with Crippen LogP contribution in [0, 0.1) is 5.82 Å². The molecule has 0 bridgehead atoms. The van der Waals surface area contributed by atoms with Gasteiger partial charge in [0.2, 0.25) is 5.28 Å². The molecule has 4 nitrogen and oxygen atoms in total. The Hall–Kier alpha value is -1.59. The minimum absolute atomic E-state index is 0.0764. The maximum Gasteiger partial charge on any atom is 0.225 e. The first-order valence-corrected chi connectivity index (χ1v) is 7.43. The lowest BCUT2D eigenvalue weighted by Crippen LogP contribution is -2.25. The number of nitrogens with zero attached hydrogens (tertiary/aromatic N) is 3. The Balaban J connectivity index is 2.21. The average Bonchev–Trinajstić information content (AvgIpc) is 2.70. The van der Waals surface area contributed by atoms with E-state index in [0.717, 1.165) is 5.56 Å². The van der Waals surface area contributed by atoms with Gasteiger partial charge < -0.3 is 9.64 Å². The van der Waals surface area contributed by atoms with Crippen molar-refractivity contribution < 1.29 is 9.13 Å². The summed E-state index contributed by atoms with van der Waals surface area (Å²) in [6.45, 7) is 4.70. The normalized spacial score (nSPS) is 15.8. The molecule has 0 atom stereocenters. The molecule has 1 aliphatic rings. The van der Waals surface area contributed by atoms with Crippen LogP contribution in [-0.4, -0.2) is 23.6 Å². The first-order chi connectivity index (χ1) is 10.3. The van der Waals surface area contributed by atoms with Crippen molar-refractivity contribution >= 4 is 34.7 Å². The maximum atomic E-state index is 13.4. The Bertz CT molecular complexity index is 752. The molecule has 0 spiro atoms. The minimum Gasteiger partial charge on any atom is -0.494 e. The highest BCUT2D eigenvalue weighted by atomic mass is 35.5. The fourth-order valence-corrected chi connectivity index (χ4v) is 3.43. The molecule has 2 heterocycles. The second-order valence-corrected chi connectivity index (χ2v) is 6.46. The van der Waals surface area contributed by atoms with Gasteiger partial charge in [-0.3, -0.25) is 0 Å². The second-order valence-electron chi connectivity index (χ2n) is 5.77. The molecular weight excluding hydrogens is 328 g/mol. The predicted molar refractivity (Wildman–Crippen MR) is 85.0 cm³/mol. The zero-order valence-corrected chi connectivity index (χ0v) is 13.8. The number of aromatic nitrogens is 2. The fourth-order valence-electron chi connectivity index (χ4n) is 2.80. The summed E-state index contributed by atoms with van der Waals surface area (Å²) in [6, 6.07) is 4.38. The number of anilines is 2. The molecule has 0 fully saturated rings. The van der Waals surface area contributed by atoms with Crippen LogP contribution in [0.15, 0.2) is 18.2 Å². The minimum atomic E-state index is -0.363. The third-order valence-electron chi connectivity index (χ3n) is 3.74. The maximum absolute atomic E-state index is 13.4. The van der Waals surface area contributed by atoms with E-state index in [-0.39, 0.29) is 16.5 Å². The highest BCUT2D eigenvalue weighted by molar-refractivity contribution is 6.33. The Kier molecular flexibility index (Phi) is 3.65. The summed E-state index contributed by atoms with van der Waals surface area (Å²) in [5.41, 5.74) is 1.27. The van der Waals surface area contributed by atoms with Crippen LogP contribution in [0.1, 0.15) is 19.4 Å². The van der Waals surface area contributed by atoms with Gasteiger partial charge in [0.25, 0.3) is 0 Å². The Morgan fingerprint density at radius 2 is 2.00 bits per heavy atom. The smallest absolute Gasteiger partial charge is 0.225 e. The van der Waals surface area contributed by atoms with Crippen LogP contribution in [-0.2, 0) is 5.41 Å². The van der Waals surface area contributed by atoms with Gasteiger partial charge in [0.1, 0.15) is 22.5 Å². The van der Waals surface area contributed by atoms with E-state index in [9.17, 15) is 4.39 Å². The Morgan fingerprint density at radius 1 is 1.27 bits per heavy atom. The average molecular weight is 342 g/mol. The molecule has 0 amide bonds. The molecule has 116 valence electrons. The highest BCUT2D eigenvalue weighted by Crippen LogP contribution is 2.48. The van der Waals surface area contributed by atoms with E-state index in [0.29, 0.717) is 29.0 Å². The van der Waals surface area contributed by atoms with E-state index in [2.05, 4.69) is 9.97 Å². The van der Waals surface area contributed by atoms with Gasteiger partial charge in [-0.2, -0.15) is 4.98 Å². The Labute approximate surface area is 137 Å². The largest absolute Gasteiger partial charge is 0.494 e. The van der Waals surface area contributed by atoms with Gasteiger partial charge in [0.05, 0.1) is 12.8 Å². The topological polar surface area (TPSA) is 38.2 Å². The molecule has 0 saturated carbocycles. The number of rotatable bonds is 2. The molecule has 0 saturated heterocycles. The third-order valence-corrected chi connectivity index (χ3v) is 4.18. The fraction of sp³-hybridized carbons (Fsp3) is 0.333. The zero-order valence-electron chi connectivity index (χ0n) is 12.3. The number of hydrogen-bond donors (Lipinski definition) is 0. The lowest BCUT2D eigenvalue weighted by Gasteiger charge is -2.23. The molecule has 0 radical (unpaired) electrons. The van der Waals surface area contributed by atoms with Crippen molar-refractivity contribution in [3.8, 4) is 5.75 Å². The molecule has 1 aliphatic heterocycles. The van der Waals surface area contributed by atoms with Crippen LogP contribution >= 0.6 is 23.2 Å². The first kappa shape index (κ1) is 15.3. The van der Waals surface area contributed by atoms with Crippen molar-refractivity contribution in [3.05, 3.63) is 40.0 Å². The summed E-state index contributed by atoms with van der Waals surface area (Å²) in [7, 11) is 1.50. The van der Waals surface area contributed by atoms with Gasteiger partial charge in [-0.25, -0.2) is 9.37 Å². The molecule has 1 aromatic heterocycles. The highest BCUT2D eigenvalue weighted by Gasteiger charge is 2.40. The second kappa shape index (κ2) is 5.25. The van der Waals surface area contributed by atoms with Crippen LogP contribution in [0.4, 0.5) is 15.9 Å². The van der Waals surface area contributed by atoms with Gasteiger partial charge >= 0.3 is 0 Å². The zero-order chi connectivity index (χ0) is 16.1. The number of benzene rings is 1. The summed E-state index contributed by atoms with van der Waals surface area (Å²) in [6.07, 6.45) is 0. The molecule has 0 aliphatic carbocycles. The van der Waals surface area contributed by atoms with Crippen LogP contribution in [0.2, 0.25) is 10.4 Å². The summed E-state index contributed by atoms with van der Waals surface area (Å²) in [5.74, 6) is 0.687. The van der Waals surface area contributed by atoms with Gasteiger partial charge in [-0.1, -0.05) is 25.4 Å². The van der Waals surface area contributed by atoms with E-state index in [1.165, 1.54) is 19.2 Å². The first-order valence-electron chi connectivity index (χ1n) is 6.68. The van der Waals surface area contributed by atoms with Gasteiger partial charge in [0.15, 0.2) is 0 Å². The monoisotopic (exact) mass is 341 g/mol. The summed E-state index contributed by atoms with van der Waals surface area (Å²) >= 11 is 12.2. The molecule has 7 heteroatoms. The van der Waals surface area contributed by atoms with Crippen molar-refractivity contribution in [2.24, 2.45) is 0 Å². The summed E-state index contributed by atoms with van der Waals surface area (Å²) in [5, 5.41) is 0.413. The number of halogens is 3. The van der Waals surface area contributed by atoms with Crippen LogP contribution in [0.3, 0.4) is 0 Å². The van der Waals surface area contributed by atoms with E-state index in [4.69, 9.17) is 27.9 Å². The van der Waals surface area contributed by atoms with Crippen LogP contribution < -0.4 is 9.64 Å². The van der Waals surface area contributed by atoms with E-state index in [1.807, 2.05) is 18.7 Å². The summed E-state index contributed by atoms with van der Waals surface area (Å²) < 4.78 is 18.7. The van der Waals surface area contributed by atoms with Crippen molar-refractivity contribution in [1.29, 1.82) is 0 Å². The quantitative estimate of drug-likeness (QED) is 0.600. The van der Waals surface area contributed by atoms with E-state index in [1.54, 1.807) is 6.07 Å². The molecule has 0 N–H and O–H groups in total. The number of methoxy groups -OCH3 is 1. The van der Waals surface area contributed by atoms with E-state index >= 15 is 0 Å². The molecule has 3 rings (SSSR count). The van der Waals surface area contributed by atoms with Crippen molar-refractivity contribution in [2.75, 3.05) is 18.6 Å². The molecule has 1 aromatic carbocycles. The molecule has 2 aromatic rings. The summed E-state index contributed by atoms with van der Waals surface area (Å²) in [4.78, 5) is 10.3. The van der Waals surface area contributed by atoms with Gasteiger partial charge in [-0.05, 0) is 23.7 Å². The Morgan fingerprint density at radius 3 is 2.68 bits per heavy atom. The van der Waals surface area contributed by atoms with Crippen molar-refractivity contribution in [1.82, 2.24) is 9.97 Å². The SMILES string of the molecule is COc1cc(F)ccc1N1CC(C)(C)c2c(Cl)nc(Cl)nc21. The lowest BCUT2D eigenvalue weighted by atomic mass is 9.89. The van der Waals surface area contributed by atoms with Crippen LogP contribution in [0.25, 0.3) is 0 Å². The lowest BCUT2D eigenvalue weighted by molar-refractivity contribution is 0.411. The standard InChI is InChI=1S/C15H14Cl2FN3O/c1-15(2)7-21(9-5-4-8(18)6-10(9)22-3)13-11(15)12(16)19-14(17)20-13/h4-6H,7H2,1-3H3. The third kappa shape index (κ3) is 2.38. The van der Waals surface area contributed by atoms with Crippen molar-refractivity contribution in [3.63, 3.8) is 0 Å². The molecule has 0 unspecified atom stereocenters. The predicted octanol–water partition coefficient (Wildman–Crippen LogP) is 4.36. The van der Waals surface area contributed by atoms with Gasteiger partial charge in [-0.15, -0.1) is 0 Å². The number of ether oxygens (including phenoxy) is 1. The number of fused-ring (bicyclic) bond motifs is 1. The van der Waals surface area contributed by atoms with Crippen LogP contribution in [0.5, 0.6) is 5.75 Å². The van der Waals surface area contributed by atoms with Gasteiger partial charge in [0, 0.05) is 23.6 Å². The number of hydrogen-bond acceptors (Lipinski definition) is 4.